The molecule has 6 nitrogen and oxygen atoms in total. The molecule has 2 rings (SSSR count). The van der Waals surface area contributed by atoms with Gasteiger partial charge in [0, 0.05) is 25.2 Å². The van der Waals surface area contributed by atoms with E-state index in [9.17, 15) is 18.5 Å². The average molecular weight is 312 g/mol. The van der Waals surface area contributed by atoms with Crippen LogP contribution in [0.5, 0.6) is 0 Å². The van der Waals surface area contributed by atoms with E-state index in [1.807, 2.05) is 0 Å². The highest BCUT2D eigenvalue weighted by atomic mass is 32.2. The third kappa shape index (κ3) is 2.87. The Morgan fingerprint density at radius 3 is 2.55 bits per heavy atom. The molecule has 0 unspecified atom stereocenters. The molecular weight excluding hydrogens is 300 g/mol. The number of nitro groups is 1. The number of para-hydroxylation sites is 1. The van der Waals surface area contributed by atoms with Crippen molar-refractivity contribution < 1.29 is 13.3 Å². The van der Waals surface area contributed by atoms with Gasteiger partial charge in [-0.1, -0.05) is 24.3 Å². The molecule has 0 aliphatic carbocycles. The van der Waals surface area contributed by atoms with Gasteiger partial charge in [-0.2, -0.15) is 4.31 Å². The first-order valence-corrected chi connectivity index (χ1v) is 7.97. The zero-order valence-electron chi connectivity index (χ0n) is 10.6. The minimum absolute atomic E-state index is 0.0443. The Morgan fingerprint density at radius 2 is 1.95 bits per heavy atom. The quantitative estimate of drug-likeness (QED) is 0.627. The van der Waals surface area contributed by atoms with Crippen molar-refractivity contribution in [1.29, 1.82) is 0 Å². The summed E-state index contributed by atoms with van der Waals surface area (Å²) in [5, 5.41) is 12.6. The summed E-state index contributed by atoms with van der Waals surface area (Å²) in [5.74, 6) is 0. The third-order valence-electron chi connectivity index (χ3n) is 2.74. The van der Waals surface area contributed by atoms with Crippen LogP contribution in [0.3, 0.4) is 0 Å². The maximum absolute atomic E-state index is 12.2. The largest absolute Gasteiger partial charge is 0.273 e. The fourth-order valence-electron chi connectivity index (χ4n) is 1.71. The van der Waals surface area contributed by atoms with E-state index < -0.39 is 14.9 Å². The van der Waals surface area contributed by atoms with Crippen LogP contribution in [-0.2, 0) is 16.6 Å². The molecule has 1 heterocycles. The minimum atomic E-state index is -3.61. The van der Waals surface area contributed by atoms with Crippen LogP contribution in [-0.4, -0.2) is 24.7 Å². The van der Waals surface area contributed by atoms with Gasteiger partial charge in [-0.05, 0) is 11.4 Å². The summed E-state index contributed by atoms with van der Waals surface area (Å²) in [7, 11) is -2.20. The molecule has 0 saturated heterocycles. The predicted octanol–water partition coefficient (Wildman–Crippen LogP) is 2.48. The molecular formula is C12H12N2O4S2. The van der Waals surface area contributed by atoms with Gasteiger partial charge in [-0.15, -0.1) is 11.3 Å². The maximum Gasteiger partial charge on any atom is 0.273 e. The van der Waals surface area contributed by atoms with Crippen molar-refractivity contribution in [1.82, 2.24) is 4.31 Å². The van der Waals surface area contributed by atoms with Crippen LogP contribution in [0, 0.1) is 10.1 Å². The molecule has 0 amide bonds. The minimum Gasteiger partial charge on any atom is -0.258 e. The molecule has 0 saturated carbocycles. The molecule has 2 aromatic rings. The van der Waals surface area contributed by atoms with Gasteiger partial charge < -0.3 is 0 Å². The molecule has 0 spiro atoms. The van der Waals surface area contributed by atoms with Crippen molar-refractivity contribution in [3.8, 4) is 0 Å². The molecule has 0 aliphatic rings. The topological polar surface area (TPSA) is 80.5 Å². The van der Waals surface area contributed by atoms with Crippen LogP contribution in [0.15, 0.2) is 46.0 Å². The van der Waals surface area contributed by atoms with E-state index in [0.717, 1.165) is 15.6 Å². The first-order valence-electron chi connectivity index (χ1n) is 5.65. The van der Waals surface area contributed by atoms with Gasteiger partial charge in [0.25, 0.3) is 15.7 Å². The molecule has 0 N–H and O–H groups in total. The lowest BCUT2D eigenvalue weighted by Gasteiger charge is -2.16. The van der Waals surface area contributed by atoms with Crippen molar-refractivity contribution in [2.24, 2.45) is 0 Å². The Balaban J connectivity index is 2.29. The summed E-state index contributed by atoms with van der Waals surface area (Å²) in [6.45, 7) is -0.0443. The van der Waals surface area contributed by atoms with Gasteiger partial charge in [-0.25, -0.2) is 8.42 Å². The number of rotatable bonds is 5. The summed E-state index contributed by atoms with van der Waals surface area (Å²) in [4.78, 5) is 10.4. The van der Waals surface area contributed by atoms with Gasteiger partial charge in [0.15, 0.2) is 0 Å². The lowest BCUT2D eigenvalue weighted by molar-refractivity contribution is -0.385. The molecule has 20 heavy (non-hydrogen) atoms. The van der Waals surface area contributed by atoms with Gasteiger partial charge >= 0.3 is 0 Å². The van der Waals surface area contributed by atoms with Crippen LogP contribution in [0.4, 0.5) is 5.69 Å². The van der Waals surface area contributed by atoms with Crippen molar-refractivity contribution in [2.75, 3.05) is 7.05 Å². The Bertz CT molecular complexity index is 711. The van der Waals surface area contributed by atoms with Crippen molar-refractivity contribution in [3.05, 3.63) is 57.5 Å². The molecule has 8 heteroatoms. The number of hydrogen-bond donors (Lipinski definition) is 0. The fourth-order valence-corrected chi connectivity index (χ4v) is 4.06. The molecule has 0 aliphatic heterocycles. The monoisotopic (exact) mass is 312 g/mol. The van der Waals surface area contributed by atoms with Crippen LogP contribution in [0.1, 0.15) is 5.56 Å². The van der Waals surface area contributed by atoms with Crippen LogP contribution >= 0.6 is 11.3 Å². The highest BCUT2D eigenvalue weighted by Crippen LogP contribution is 2.24. The highest BCUT2D eigenvalue weighted by Gasteiger charge is 2.24. The van der Waals surface area contributed by atoms with E-state index in [4.69, 9.17) is 0 Å². The summed E-state index contributed by atoms with van der Waals surface area (Å²) in [6, 6.07) is 9.27. The number of sulfonamides is 1. The van der Waals surface area contributed by atoms with Gasteiger partial charge in [0.1, 0.15) is 4.21 Å². The van der Waals surface area contributed by atoms with E-state index in [2.05, 4.69) is 0 Å². The third-order valence-corrected chi connectivity index (χ3v) is 5.92. The molecule has 106 valence electrons. The van der Waals surface area contributed by atoms with Crippen LogP contribution in [0.25, 0.3) is 0 Å². The average Bonchev–Trinajstić information content (AvgIpc) is 2.93. The Morgan fingerprint density at radius 1 is 1.25 bits per heavy atom. The number of nitrogens with zero attached hydrogens (tertiary/aromatic N) is 2. The van der Waals surface area contributed by atoms with Crippen molar-refractivity contribution in [2.45, 2.75) is 10.8 Å². The smallest absolute Gasteiger partial charge is 0.258 e. The highest BCUT2D eigenvalue weighted by molar-refractivity contribution is 7.91. The predicted molar refractivity (Wildman–Crippen MR) is 76.1 cm³/mol. The van der Waals surface area contributed by atoms with E-state index in [0.29, 0.717) is 5.56 Å². The van der Waals surface area contributed by atoms with Crippen molar-refractivity contribution >= 4 is 27.0 Å². The summed E-state index contributed by atoms with van der Waals surface area (Å²) >= 11 is 1.12. The molecule has 1 aromatic carbocycles. The second-order valence-electron chi connectivity index (χ2n) is 4.08. The Kier molecular flexibility index (Phi) is 4.17. The second-order valence-corrected chi connectivity index (χ2v) is 7.30. The summed E-state index contributed by atoms with van der Waals surface area (Å²) < 4.78 is 25.8. The van der Waals surface area contributed by atoms with Crippen LogP contribution in [0.2, 0.25) is 0 Å². The first kappa shape index (κ1) is 14.6. The fraction of sp³-hybridized carbons (Fsp3) is 0.167. The van der Waals surface area contributed by atoms with Gasteiger partial charge in [0.05, 0.1) is 4.92 Å². The first-order chi connectivity index (χ1) is 9.43. The number of hydrogen-bond acceptors (Lipinski definition) is 5. The van der Waals surface area contributed by atoms with Crippen LogP contribution < -0.4 is 0 Å². The summed E-state index contributed by atoms with van der Waals surface area (Å²) in [6.07, 6.45) is 0. The lowest BCUT2D eigenvalue weighted by atomic mass is 10.2. The number of thiophene rings is 1. The number of benzene rings is 1. The van der Waals surface area contributed by atoms with E-state index in [1.54, 1.807) is 29.6 Å². The van der Waals surface area contributed by atoms with E-state index in [-0.39, 0.29) is 16.4 Å². The zero-order chi connectivity index (χ0) is 14.8. The van der Waals surface area contributed by atoms with Gasteiger partial charge in [0.2, 0.25) is 0 Å². The number of nitro benzene ring substituents is 1. The summed E-state index contributed by atoms with van der Waals surface area (Å²) in [5.41, 5.74) is 0.279. The standard InChI is InChI=1S/C12H12N2O4S2/c1-13(20(17,18)12-7-4-8-19-12)9-10-5-2-3-6-11(10)14(15)16/h2-8H,9H2,1H3. The maximum atomic E-state index is 12.2. The second kappa shape index (κ2) is 5.70. The molecule has 0 atom stereocenters. The van der Waals surface area contributed by atoms with Gasteiger partial charge in [-0.3, -0.25) is 10.1 Å². The lowest BCUT2D eigenvalue weighted by Crippen LogP contribution is -2.26. The normalized spacial score (nSPS) is 11.7. The molecule has 0 bridgehead atoms. The molecule has 0 fully saturated rings. The van der Waals surface area contributed by atoms with E-state index >= 15 is 0 Å². The molecule has 1 aromatic heterocycles. The zero-order valence-corrected chi connectivity index (χ0v) is 12.2. The Labute approximate surface area is 120 Å². The molecule has 0 radical (unpaired) electrons. The SMILES string of the molecule is CN(Cc1ccccc1[N+](=O)[O-])S(=O)(=O)c1cccs1. The Hall–Kier alpha value is -1.77. The van der Waals surface area contributed by atoms with E-state index in [1.165, 1.54) is 19.2 Å². The van der Waals surface area contributed by atoms with Crippen molar-refractivity contribution in [3.63, 3.8) is 0 Å².